The first-order chi connectivity index (χ1) is 13.0. The van der Waals surface area contributed by atoms with Crippen molar-refractivity contribution >= 4 is 23.4 Å². The van der Waals surface area contributed by atoms with E-state index in [4.69, 9.17) is 0 Å². The summed E-state index contributed by atoms with van der Waals surface area (Å²) < 4.78 is 13.9. The number of anilines is 1. The molecule has 2 saturated heterocycles. The van der Waals surface area contributed by atoms with Crippen LogP contribution >= 0.6 is 0 Å². The third-order valence-electron chi connectivity index (χ3n) is 5.85. The van der Waals surface area contributed by atoms with E-state index in [0.717, 1.165) is 19.3 Å². The third kappa shape index (κ3) is 3.19. The van der Waals surface area contributed by atoms with E-state index in [1.54, 1.807) is 9.80 Å². The summed E-state index contributed by atoms with van der Waals surface area (Å²) >= 11 is 0. The van der Waals surface area contributed by atoms with Gasteiger partial charge in [-0.1, -0.05) is 6.92 Å². The second kappa shape index (κ2) is 6.94. The molecule has 6 nitrogen and oxygen atoms in total. The molecule has 3 heterocycles. The number of carbonyl (C=O) groups excluding carboxylic acids is 3. The SMILES string of the molecule is CC1CCCN(C(=O)CN2C(=O)C3CCCN3C(=O)c3ccc(F)cc32)C1. The molecule has 0 saturated carbocycles. The Morgan fingerprint density at radius 2 is 1.96 bits per heavy atom. The Kier molecular flexibility index (Phi) is 4.61. The molecule has 1 aromatic carbocycles. The molecule has 0 aliphatic carbocycles. The van der Waals surface area contributed by atoms with Crippen LogP contribution in [-0.2, 0) is 9.59 Å². The van der Waals surface area contributed by atoms with E-state index in [1.807, 2.05) is 0 Å². The molecule has 2 fully saturated rings. The number of likely N-dealkylation sites (tertiary alicyclic amines) is 1. The normalized spacial score (nSPS) is 25.3. The van der Waals surface area contributed by atoms with Gasteiger partial charge < -0.3 is 14.7 Å². The van der Waals surface area contributed by atoms with E-state index in [1.165, 1.54) is 23.1 Å². The second-order valence-electron chi connectivity index (χ2n) is 7.83. The van der Waals surface area contributed by atoms with E-state index < -0.39 is 11.9 Å². The van der Waals surface area contributed by atoms with Crippen LogP contribution in [0.5, 0.6) is 0 Å². The highest BCUT2D eigenvalue weighted by Crippen LogP contribution is 2.33. The van der Waals surface area contributed by atoms with Crippen LogP contribution in [0.3, 0.4) is 0 Å². The van der Waals surface area contributed by atoms with Gasteiger partial charge in [-0.05, 0) is 49.8 Å². The predicted molar refractivity (Wildman–Crippen MR) is 97.8 cm³/mol. The molecule has 4 rings (SSSR count). The van der Waals surface area contributed by atoms with Crippen molar-refractivity contribution < 1.29 is 18.8 Å². The van der Waals surface area contributed by atoms with E-state index in [2.05, 4.69) is 6.92 Å². The molecule has 0 spiro atoms. The van der Waals surface area contributed by atoms with Gasteiger partial charge >= 0.3 is 0 Å². The predicted octanol–water partition coefficient (Wildman–Crippen LogP) is 2.04. The number of piperidine rings is 1. The van der Waals surface area contributed by atoms with E-state index in [-0.39, 0.29) is 35.5 Å². The average molecular weight is 373 g/mol. The monoisotopic (exact) mass is 373 g/mol. The van der Waals surface area contributed by atoms with Gasteiger partial charge in [0.25, 0.3) is 5.91 Å². The van der Waals surface area contributed by atoms with Crippen LogP contribution in [0.15, 0.2) is 18.2 Å². The van der Waals surface area contributed by atoms with Gasteiger partial charge in [-0.2, -0.15) is 0 Å². The van der Waals surface area contributed by atoms with E-state index >= 15 is 0 Å². The molecule has 0 N–H and O–H groups in total. The van der Waals surface area contributed by atoms with Crippen LogP contribution in [0.4, 0.5) is 10.1 Å². The highest BCUT2D eigenvalue weighted by atomic mass is 19.1. The zero-order valence-corrected chi connectivity index (χ0v) is 15.5. The van der Waals surface area contributed by atoms with Crippen molar-refractivity contribution in [3.05, 3.63) is 29.6 Å². The van der Waals surface area contributed by atoms with Gasteiger partial charge in [0.2, 0.25) is 11.8 Å². The number of benzene rings is 1. The Morgan fingerprint density at radius 1 is 1.19 bits per heavy atom. The van der Waals surface area contributed by atoms with Gasteiger partial charge in [0.05, 0.1) is 11.3 Å². The van der Waals surface area contributed by atoms with Crippen molar-refractivity contribution in [3.63, 3.8) is 0 Å². The molecule has 1 aromatic rings. The van der Waals surface area contributed by atoms with Crippen LogP contribution < -0.4 is 4.90 Å². The molecule has 2 unspecified atom stereocenters. The fourth-order valence-corrected chi connectivity index (χ4v) is 4.44. The lowest BCUT2D eigenvalue weighted by Gasteiger charge is -2.33. The molecule has 2 atom stereocenters. The van der Waals surface area contributed by atoms with E-state index in [9.17, 15) is 18.8 Å². The Hall–Kier alpha value is -2.44. The zero-order chi connectivity index (χ0) is 19.1. The lowest BCUT2D eigenvalue weighted by molar-refractivity contribution is -0.133. The summed E-state index contributed by atoms with van der Waals surface area (Å²) in [4.78, 5) is 43.6. The topological polar surface area (TPSA) is 60.9 Å². The molecular weight excluding hydrogens is 349 g/mol. The van der Waals surface area contributed by atoms with Gasteiger partial charge in [0, 0.05) is 19.6 Å². The average Bonchev–Trinajstić information content (AvgIpc) is 3.12. The number of fused-ring (bicyclic) bond motifs is 2. The van der Waals surface area contributed by atoms with Crippen molar-refractivity contribution in [2.75, 3.05) is 31.1 Å². The molecular formula is C20H24FN3O3. The van der Waals surface area contributed by atoms with Crippen molar-refractivity contribution in [3.8, 4) is 0 Å². The first-order valence-corrected chi connectivity index (χ1v) is 9.65. The number of nitrogens with zero attached hydrogens (tertiary/aromatic N) is 3. The Morgan fingerprint density at radius 3 is 2.74 bits per heavy atom. The second-order valence-corrected chi connectivity index (χ2v) is 7.83. The molecule has 27 heavy (non-hydrogen) atoms. The minimum absolute atomic E-state index is 0.149. The highest BCUT2D eigenvalue weighted by molar-refractivity contribution is 6.12. The first-order valence-electron chi connectivity index (χ1n) is 9.65. The summed E-state index contributed by atoms with van der Waals surface area (Å²) in [5.41, 5.74) is 0.492. The maximum atomic E-state index is 13.9. The van der Waals surface area contributed by atoms with Gasteiger partial charge in [0.1, 0.15) is 18.4 Å². The van der Waals surface area contributed by atoms with Gasteiger partial charge in [0.15, 0.2) is 0 Å². The molecule has 0 radical (unpaired) electrons. The fourth-order valence-electron chi connectivity index (χ4n) is 4.44. The lowest BCUT2D eigenvalue weighted by Crippen LogP contribution is -2.50. The zero-order valence-electron chi connectivity index (χ0n) is 15.5. The number of hydrogen-bond donors (Lipinski definition) is 0. The standard InChI is InChI=1S/C20H24FN3O3/c1-13-4-2-8-22(11-13)18(25)12-24-17-10-14(21)6-7-15(17)19(26)23-9-3-5-16(23)20(24)27/h6-7,10,13,16H,2-5,8-9,11-12H2,1H3. The maximum Gasteiger partial charge on any atom is 0.256 e. The summed E-state index contributed by atoms with van der Waals surface area (Å²) in [6.45, 7) is 3.81. The Labute approximate surface area is 157 Å². The molecule has 3 aliphatic rings. The maximum absolute atomic E-state index is 13.9. The largest absolute Gasteiger partial charge is 0.341 e. The molecule has 0 bridgehead atoms. The minimum atomic E-state index is -0.568. The number of hydrogen-bond acceptors (Lipinski definition) is 3. The van der Waals surface area contributed by atoms with Crippen LogP contribution in [-0.4, -0.2) is 59.7 Å². The van der Waals surface area contributed by atoms with E-state index in [0.29, 0.717) is 32.0 Å². The van der Waals surface area contributed by atoms with Crippen LogP contribution in [0, 0.1) is 11.7 Å². The van der Waals surface area contributed by atoms with Crippen LogP contribution in [0.2, 0.25) is 0 Å². The van der Waals surface area contributed by atoms with Crippen molar-refractivity contribution in [1.29, 1.82) is 0 Å². The molecule has 3 aliphatic heterocycles. The van der Waals surface area contributed by atoms with Crippen molar-refractivity contribution in [2.24, 2.45) is 5.92 Å². The van der Waals surface area contributed by atoms with Gasteiger partial charge in [-0.25, -0.2) is 4.39 Å². The lowest BCUT2D eigenvalue weighted by atomic mass is 10.0. The van der Waals surface area contributed by atoms with Crippen molar-refractivity contribution in [1.82, 2.24) is 9.80 Å². The first kappa shape index (κ1) is 17.9. The number of amides is 3. The quantitative estimate of drug-likeness (QED) is 0.797. The highest BCUT2D eigenvalue weighted by Gasteiger charge is 2.43. The van der Waals surface area contributed by atoms with Crippen molar-refractivity contribution in [2.45, 2.75) is 38.6 Å². The summed E-state index contributed by atoms with van der Waals surface area (Å²) in [6, 6.07) is 3.27. The Balaban J connectivity index is 1.68. The molecule has 3 amide bonds. The minimum Gasteiger partial charge on any atom is -0.341 e. The number of carbonyl (C=O) groups is 3. The van der Waals surface area contributed by atoms with Crippen LogP contribution in [0.1, 0.15) is 43.0 Å². The number of rotatable bonds is 2. The molecule has 0 aromatic heterocycles. The third-order valence-corrected chi connectivity index (χ3v) is 5.85. The van der Waals surface area contributed by atoms with Crippen LogP contribution in [0.25, 0.3) is 0 Å². The molecule has 144 valence electrons. The molecule has 7 heteroatoms. The van der Waals surface area contributed by atoms with Gasteiger partial charge in [-0.15, -0.1) is 0 Å². The smallest absolute Gasteiger partial charge is 0.256 e. The number of halogens is 1. The summed E-state index contributed by atoms with van der Waals surface area (Å²) in [6.07, 6.45) is 3.36. The summed E-state index contributed by atoms with van der Waals surface area (Å²) in [5.74, 6) is -0.797. The fraction of sp³-hybridized carbons (Fsp3) is 0.550. The van der Waals surface area contributed by atoms with Gasteiger partial charge in [-0.3, -0.25) is 14.4 Å². The summed E-state index contributed by atoms with van der Waals surface area (Å²) in [5, 5.41) is 0. The summed E-state index contributed by atoms with van der Waals surface area (Å²) in [7, 11) is 0. The Bertz CT molecular complexity index is 797.